The van der Waals surface area contributed by atoms with Crippen LogP contribution in [0.4, 0.5) is 0 Å². The van der Waals surface area contributed by atoms with Crippen molar-refractivity contribution >= 4 is 21.9 Å². The van der Waals surface area contributed by atoms with Crippen LogP contribution in [0.3, 0.4) is 0 Å². The van der Waals surface area contributed by atoms with Crippen molar-refractivity contribution in [2.75, 3.05) is 0 Å². The number of nitrogens with one attached hydrogen (secondary N) is 1. The summed E-state index contributed by atoms with van der Waals surface area (Å²) in [7, 11) is 0. The van der Waals surface area contributed by atoms with Crippen molar-refractivity contribution in [2.24, 2.45) is 0 Å². The van der Waals surface area contributed by atoms with Crippen LogP contribution in [0.2, 0.25) is 0 Å². The first-order valence-electron chi connectivity index (χ1n) is 6.82. The van der Waals surface area contributed by atoms with Gasteiger partial charge in [-0.3, -0.25) is 4.98 Å². The van der Waals surface area contributed by atoms with Crippen LogP contribution in [-0.4, -0.2) is 20.1 Å². The number of aryl methyl sites for hydroxylation is 1. The van der Waals surface area contributed by atoms with E-state index < -0.39 is 0 Å². The van der Waals surface area contributed by atoms with Crippen LogP contribution in [0.5, 0.6) is 0 Å². The Kier molecular flexibility index (Phi) is 2.66. The maximum Gasteiger partial charge on any atom is 0.133 e. The quantitative estimate of drug-likeness (QED) is 0.612. The standard InChI is InChI=1S/C16H11N5O/c1-9-4-11(21-22-9)6-15-19-14-8-18-13-3-2-10(7-17)5-12(13)16(14)20-15/h2-5,8H,6H2,1H3,(H,19,20). The number of H-pyrrole nitrogens is 1. The van der Waals surface area contributed by atoms with Gasteiger partial charge in [0.1, 0.15) is 17.1 Å². The maximum absolute atomic E-state index is 9.06. The van der Waals surface area contributed by atoms with Crippen molar-refractivity contribution in [3.05, 3.63) is 53.3 Å². The van der Waals surface area contributed by atoms with Gasteiger partial charge in [0.2, 0.25) is 0 Å². The molecule has 6 nitrogen and oxygen atoms in total. The van der Waals surface area contributed by atoms with Crippen LogP contribution in [0.25, 0.3) is 21.9 Å². The predicted octanol–water partition coefficient (Wildman–Crippen LogP) is 2.87. The lowest BCUT2D eigenvalue weighted by molar-refractivity contribution is 0.391. The van der Waals surface area contributed by atoms with Gasteiger partial charge in [0, 0.05) is 11.5 Å². The molecule has 22 heavy (non-hydrogen) atoms. The molecule has 3 aromatic heterocycles. The minimum atomic E-state index is 0.561. The van der Waals surface area contributed by atoms with Crippen molar-refractivity contribution in [2.45, 2.75) is 13.3 Å². The van der Waals surface area contributed by atoms with E-state index in [1.54, 1.807) is 12.3 Å². The van der Waals surface area contributed by atoms with Gasteiger partial charge in [0.05, 0.1) is 41.0 Å². The average molecular weight is 289 g/mol. The number of pyridine rings is 1. The molecule has 0 amide bonds. The molecule has 0 bridgehead atoms. The molecule has 0 saturated carbocycles. The van der Waals surface area contributed by atoms with Crippen molar-refractivity contribution < 1.29 is 4.52 Å². The third-order valence-corrected chi connectivity index (χ3v) is 3.53. The largest absolute Gasteiger partial charge is 0.361 e. The number of imidazole rings is 1. The van der Waals surface area contributed by atoms with E-state index in [9.17, 15) is 0 Å². The highest BCUT2D eigenvalue weighted by Crippen LogP contribution is 2.23. The van der Waals surface area contributed by atoms with Gasteiger partial charge in [-0.1, -0.05) is 5.16 Å². The molecular formula is C16H11N5O. The number of hydrogen-bond acceptors (Lipinski definition) is 5. The monoisotopic (exact) mass is 289 g/mol. The first-order valence-corrected chi connectivity index (χ1v) is 6.82. The fourth-order valence-corrected chi connectivity index (χ4v) is 2.54. The minimum Gasteiger partial charge on any atom is -0.361 e. The predicted molar refractivity (Wildman–Crippen MR) is 80.2 cm³/mol. The van der Waals surface area contributed by atoms with E-state index in [0.717, 1.165) is 39.2 Å². The second-order valence-electron chi connectivity index (χ2n) is 5.15. The smallest absolute Gasteiger partial charge is 0.133 e. The Balaban J connectivity index is 1.85. The number of fused-ring (bicyclic) bond motifs is 3. The Morgan fingerprint density at radius 2 is 2.18 bits per heavy atom. The molecule has 106 valence electrons. The Bertz CT molecular complexity index is 1040. The van der Waals surface area contributed by atoms with Gasteiger partial charge in [-0.05, 0) is 25.1 Å². The molecule has 0 saturated heterocycles. The molecule has 0 radical (unpaired) electrons. The first-order chi connectivity index (χ1) is 10.7. The van der Waals surface area contributed by atoms with Crippen molar-refractivity contribution in [1.82, 2.24) is 20.1 Å². The van der Waals surface area contributed by atoms with Crippen LogP contribution in [0, 0.1) is 18.3 Å². The zero-order chi connectivity index (χ0) is 15.1. The number of rotatable bonds is 2. The number of benzene rings is 1. The average Bonchev–Trinajstić information content (AvgIpc) is 3.12. The van der Waals surface area contributed by atoms with E-state index in [1.807, 2.05) is 25.1 Å². The zero-order valence-corrected chi connectivity index (χ0v) is 11.8. The van der Waals surface area contributed by atoms with E-state index in [-0.39, 0.29) is 0 Å². The second-order valence-corrected chi connectivity index (χ2v) is 5.15. The van der Waals surface area contributed by atoms with Crippen LogP contribution < -0.4 is 0 Å². The third-order valence-electron chi connectivity index (χ3n) is 3.53. The SMILES string of the molecule is Cc1cc(Cc2nc3cnc4ccc(C#N)cc4c3[nH]2)no1. The second kappa shape index (κ2) is 4.67. The van der Waals surface area contributed by atoms with Gasteiger partial charge in [0.15, 0.2) is 0 Å². The van der Waals surface area contributed by atoms with Crippen LogP contribution in [0.15, 0.2) is 35.0 Å². The minimum absolute atomic E-state index is 0.561. The molecule has 6 heteroatoms. The number of nitriles is 1. The Morgan fingerprint density at radius 1 is 1.27 bits per heavy atom. The van der Waals surface area contributed by atoms with Crippen molar-refractivity contribution in [3.63, 3.8) is 0 Å². The van der Waals surface area contributed by atoms with Gasteiger partial charge in [0.25, 0.3) is 0 Å². The summed E-state index contributed by atoms with van der Waals surface area (Å²) in [6.45, 7) is 1.86. The summed E-state index contributed by atoms with van der Waals surface area (Å²) < 4.78 is 5.07. The summed E-state index contributed by atoms with van der Waals surface area (Å²) in [5, 5.41) is 13.9. The Hall–Kier alpha value is -3.20. The van der Waals surface area contributed by atoms with Crippen molar-refractivity contribution in [1.29, 1.82) is 5.26 Å². The molecular weight excluding hydrogens is 278 g/mol. The molecule has 0 aliphatic rings. The topological polar surface area (TPSA) is 91.4 Å². The highest BCUT2D eigenvalue weighted by molar-refractivity contribution is 6.02. The lowest BCUT2D eigenvalue weighted by Gasteiger charge is -1.98. The van der Waals surface area contributed by atoms with Gasteiger partial charge in [-0.25, -0.2) is 4.98 Å². The molecule has 0 spiro atoms. The number of aromatic nitrogens is 4. The highest BCUT2D eigenvalue weighted by atomic mass is 16.5. The molecule has 4 rings (SSSR count). The molecule has 4 aromatic rings. The van der Waals surface area contributed by atoms with Gasteiger partial charge in [-0.2, -0.15) is 5.26 Å². The highest BCUT2D eigenvalue weighted by Gasteiger charge is 2.10. The lowest BCUT2D eigenvalue weighted by Crippen LogP contribution is -1.90. The molecule has 0 unspecified atom stereocenters. The number of nitrogens with zero attached hydrogens (tertiary/aromatic N) is 4. The summed E-state index contributed by atoms with van der Waals surface area (Å²) in [6, 6.07) is 9.46. The van der Waals surface area contributed by atoms with Crippen LogP contribution in [0.1, 0.15) is 22.8 Å². The number of hydrogen-bond donors (Lipinski definition) is 1. The Morgan fingerprint density at radius 3 is 2.95 bits per heavy atom. The van der Waals surface area contributed by atoms with E-state index in [2.05, 4.69) is 26.2 Å². The summed E-state index contributed by atoms with van der Waals surface area (Å²) >= 11 is 0. The molecule has 0 fully saturated rings. The summed E-state index contributed by atoms with van der Waals surface area (Å²) in [5.41, 5.74) is 3.92. The fraction of sp³-hybridized carbons (Fsp3) is 0.125. The van der Waals surface area contributed by atoms with Crippen LogP contribution >= 0.6 is 0 Å². The lowest BCUT2D eigenvalue weighted by atomic mass is 10.1. The third kappa shape index (κ3) is 2.00. The summed E-state index contributed by atoms with van der Waals surface area (Å²) in [4.78, 5) is 12.2. The van der Waals surface area contributed by atoms with Gasteiger partial charge in [-0.15, -0.1) is 0 Å². The molecule has 3 heterocycles. The normalized spacial score (nSPS) is 11.1. The fourth-order valence-electron chi connectivity index (χ4n) is 2.54. The molecule has 1 N–H and O–H groups in total. The van der Waals surface area contributed by atoms with E-state index in [4.69, 9.17) is 9.78 Å². The Labute approximate surface area is 125 Å². The molecule has 0 atom stereocenters. The molecule has 0 aliphatic heterocycles. The number of aromatic amines is 1. The van der Waals surface area contributed by atoms with E-state index in [0.29, 0.717) is 12.0 Å². The van der Waals surface area contributed by atoms with Crippen molar-refractivity contribution in [3.8, 4) is 6.07 Å². The zero-order valence-electron chi connectivity index (χ0n) is 11.8. The van der Waals surface area contributed by atoms with Gasteiger partial charge >= 0.3 is 0 Å². The molecule has 1 aromatic carbocycles. The summed E-state index contributed by atoms with van der Waals surface area (Å²) in [5.74, 6) is 1.57. The summed E-state index contributed by atoms with van der Waals surface area (Å²) in [6.07, 6.45) is 2.29. The van der Waals surface area contributed by atoms with Crippen LogP contribution in [-0.2, 0) is 6.42 Å². The first kappa shape index (κ1) is 12.5. The molecule has 0 aliphatic carbocycles. The van der Waals surface area contributed by atoms with Gasteiger partial charge < -0.3 is 9.51 Å². The van der Waals surface area contributed by atoms with E-state index >= 15 is 0 Å². The van der Waals surface area contributed by atoms with E-state index in [1.165, 1.54) is 0 Å². The maximum atomic E-state index is 9.06.